The minimum atomic E-state index is -1.30. The Morgan fingerprint density at radius 2 is 1.52 bits per heavy atom. The van der Waals surface area contributed by atoms with Crippen LogP contribution in [0.3, 0.4) is 0 Å². The van der Waals surface area contributed by atoms with Crippen LogP contribution in [0.1, 0.15) is 34.6 Å². The topological polar surface area (TPSA) is 153 Å². The van der Waals surface area contributed by atoms with Gasteiger partial charge >= 0.3 is 23.9 Å². The van der Waals surface area contributed by atoms with Crippen LogP contribution in [0.2, 0.25) is 0 Å². The molecule has 0 spiro atoms. The molecule has 1 aliphatic rings. The van der Waals surface area contributed by atoms with E-state index in [0.717, 1.165) is 26.2 Å². The Morgan fingerprint density at radius 1 is 0.903 bits per heavy atom. The van der Waals surface area contributed by atoms with Gasteiger partial charge in [-0.05, 0) is 6.92 Å². The normalized spacial score (nSPS) is 25.3. The Labute approximate surface area is 179 Å². The maximum atomic E-state index is 11.7. The summed E-state index contributed by atoms with van der Waals surface area (Å²) in [6, 6.07) is -1.13. The smallest absolute Gasteiger partial charge is 0.333 e. The van der Waals surface area contributed by atoms with Gasteiger partial charge in [0, 0.05) is 27.7 Å². The van der Waals surface area contributed by atoms with Crippen LogP contribution in [-0.4, -0.2) is 73.6 Å². The van der Waals surface area contributed by atoms with Crippen molar-refractivity contribution in [1.29, 1.82) is 0 Å². The second kappa shape index (κ2) is 12.5. The van der Waals surface area contributed by atoms with Gasteiger partial charge in [-0.2, -0.15) is 0 Å². The molecule has 1 amide bonds. The summed E-state index contributed by atoms with van der Waals surface area (Å²) in [5.74, 6) is -3.28. The average Bonchev–Trinajstić information content (AvgIpc) is 2.63. The number of carbonyl (C=O) groups excluding carboxylic acids is 5. The van der Waals surface area contributed by atoms with E-state index in [1.807, 2.05) is 0 Å². The van der Waals surface area contributed by atoms with Gasteiger partial charge in [-0.1, -0.05) is 0 Å². The average molecular weight is 445 g/mol. The van der Waals surface area contributed by atoms with Crippen LogP contribution in [0.25, 0.3) is 0 Å². The van der Waals surface area contributed by atoms with Crippen molar-refractivity contribution >= 4 is 29.8 Å². The standard InChI is InChI=1S/C19H27NO11/c1-6-26-15(25)7-8-27-19-16(20-10(2)21)18(30-13(5)24)17(29-12(4)23)14(31-19)9-28-11(3)22/h7-8,14,16-19H,6,9H2,1-5H3,(H,20,21)/b8-7+/t14-,16-,17+,18-,19+/m1/s1. The van der Waals surface area contributed by atoms with Gasteiger partial charge in [0.25, 0.3) is 0 Å². The van der Waals surface area contributed by atoms with Crippen LogP contribution in [-0.2, 0) is 52.4 Å². The number of ether oxygens (including phenoxy) is 6. The Kier molecular flexibility index (Phi) is 10.5. The van der Waals surface area contributed by atoms with Crippen molar-refractivity contribution in [2.45, 2.75) is 65.3 Å². The second-order valence-electron chi connectivity index (χ2n) is 6.41. The lowest BCUT2D eigenvalue weighted by Gasteiger charge is -2.44. The fourth-order valence-electron chi connectivity index (χ4n) is 2.77. The molecule has 5 atom stereocenters. The summed E-state index contributed by atoms with van der Waals surface area (Å²) in [7, 11) is 0. The van der Waals surface area contributed by atoms with E-state index in [1.165, 1.54) is 13.8 Å². The van der Waals surface area contributed by atoms with E-state index >= 15 is 0 Å². The lowest BCUT2D eigenvalue weighted by molar-refractivity contribution is -0.265. The molecule has 1 saturated heterocycles. The molecule has 12 heteroatoms. The van der Waals surface area contributed by atoms with Crippen LogP contribution in [0.4, 0.5) is 0 Å². The number of carbonyl (C=O) groups is 5. The molecule has 0 aliphatic carbocycles. The van der Waals surface area contributed by atoms with Crippen LogP contribution in [0.5, 0.6) is 0 Å². The van der Waals surface area contributed by atoms with Crippen molar-refractivity contribution < 1.29 is 52.4 Å². The molecular weight excluding hydrogens is 418 g/mol. The molecule has 12 nitrogen and oxygen atoms in total. The largest absolute Gasteiger partial charge is 0.470 e. The van der Waals surface area contributed by atoms with E-state index < -0.39 is 60.4 Å². The van der Waals surface area contributed by atoms with E-state index in [2.05, 4.69) is 5.32 Å². The second-order valence-corrected chi connectivity index (χ2v) is 6.41. The molecule has 0 unspecified atom stereocenters. The quantitative estimate of drug-likeness (QED) is 0.216. The summed E-state index contributed by atoms with van der Waals surface area (Å²) in [5.41, 5.74) is 0. The fourth-order valence-corrected chi connectivity index (χ4v) is 2.77. The van der Waals surface area contributed by atoms with Gasteiger partial charge in [0.05, 0.1) is 18.9 Å². The molecule has 0 radical (unpaired) electrons. The number of esters is 4. The Bertz CT molecular complexity index is 705. The highest BCUT2D eigenvalue weighted by Gasteiger charge is 2.51. The summed E-state index contributed by atoms with van der Waals surface area (Å²) in [6.45, 7) is 6.06. The Morgan fingerprint density at radius 3 is 2.03 bits per heavy atom. The summed E-state index contributed by atoms with van der Waals surface area (Å²) in [6.07, 6.45) is -2.92. The molecular formula is C19H27NO11. The molecule has 0 aromatic carbocycles. The molecule has 1 rings (SSSR count). The van der Waals surface area contributed by atoms with Crippen molar-refractivity contribution in [3.63, 3.8) is 0 Å². The van der Waals surface area contributed by atoms with Gasteiger partial charge < -0.3 is 33.7 Å². The monoisotopic (exact) mass is 445 g/mol. The first-order valence-electron chi connectivity index (χ1n) is 9.44. The molecule has 1 fully saturated rings. The lowest BCUT2D eigenvalue weighted by atomic mass is 9.96. The minimum Gasteiger partial charge on any atom is -0.470 e. The van der Waals surface area contributed by atoms with E-state index in [1.54, 1.807) is 6.92 Å². The highest BCUT2D eigenvalue weighted by molar-refractivity contribution is 5.81. The lowest BCUT2D eigenvalue weighted by Crippen LogP contribution is -2.66. The van der Waals surface area contributed by atoms with Crippen LogP contribution < -0.4 is 5.32 Å². The van der Waals surface area contributed by atoms with Gasteiger partial charge in [-0.15, -0.1) is 0 Å². The van der Waals surface area contributed by atoms with Crippen molar-refractivity contribution in [3.05, 3.63) is 12.3 Å². The molecule has 0 bridgehead atoms. The van der Waals surface area contributed by atoms with Crippen LogP contribution >= 0.6 is 0 Å². The molecule has 0 aromatic rings. The molecule has 174 valence electrons. The number of hydrogen-bond donors (Lipinski definition) is 1. The van der Waals surface area contributed by atoms with Gasteiger partial charge in [0.15, 0.2) is 12.2 Å². The summed E-state index contributed by atoms with van der Waals surface area (Å²) >= 11 is 0. The van der Waals surface area contributed by atoms with Gasteiger partial charge in [0.1, 0.15) is 18.8 Å². The SMILES string of the molecule is CCOC(=O)/C=C/O[C@H]1O[C@H](COC(C)=O)[C@H](OC(C)=O)[C@H](OC(C)=O)[C@H]1NC(C)=O. The highest BCUT2D eigenvalue weighted by atomic mass is 16.7. The zero-order valence-corrected chi connectivity index (χ0v) is 17.9. The van der Waals surface area contributed by atoms with E-state index in [-0.39, 0.29) is 13.2 Å². The van der Waals surface area contributed by atoms with E-state index in [9.17, 15) is 24.0 Å². The van der Waals surface area contributed by atoms with E-state index in [0.29, 0.717) is 0 Å². The number of hydrogen-bond acceptors (Lipinski definition) is 11. The molecule has 1 heterocycles. The number of rotatable bonds is 9. The summed E-state index contributed by atoms with van der Waals surface area (Å²) in [5, 5.41) is 2.52. The minimum absolute atomic E-state index is 0.153. The maximum absolute atomic E-state index is 11.7. The summed E-state index contributed by atoms with van der Waals surface area (Å²) < 4.78 is 31.4. The molecule has 1 N–H and O–H groups in total. The van der Waals surface area contributed by atoms with Crippen LogP contribution in [0, 0.1) is 0 Å². The number of amides is 1. The predicted molar refractivity (Wildman–Crippen MR) is 101 cm³/mol. The van der Waals surface area contributed by atoms with Crippen molar-refractivity contribution in [2.75, 3.05) is 13.2 Å². The first-order valence-corrected chi connectivity index (χ1v) is 9.44. The molecule has 31 heavy (non-hydrogen) atoms. The third-order valence-corrected chi connectivity index (χ3v) is 3.77. The molecule has 0 aromatic heterocycles. The van der Waals surface area contributed by atoms with Gasteiger partial charge in [0.2, 0.25) is 12.2 Å². The first-order chi connectivity index (χ1) is 14.5. The zero-order valence-electron chi connectivity index (χ0n) is 17.9. The van der Waals surface area contributed by atoms with Crippen LogP contribution in [0.15, 0.2) is 12.3 Å². The van der Waals surface area contributed by atoms with Crippen molar-refractivity contribution in [1.82, 2.24) is 5.32 Å². The first kappa shape index (κ1) is 25.9. The van der Waals surface area contributed by atoms with Crippen molar-refractivity contribution in [2.24, 2.45) is 0 Å². The highest BCUT2D eigenvalue weighted by Crippen LogP contribution is 2.28. The molecule has 1 aliphatic heterocycles. The van der Waals surface area contributed by atoms with Gasteiger partial charge in [-0.3, -0.25) is 19.2 Å². The van der Waals surface area contributed by atoms with Crippen molar-refractivity contribution in [3.8, 4) is 0 Å². The summed E-state index contributed by atoms with van der Waals surface area (Å²) in [4.78, 5) is 57.8. The Balaban J connectivity index is 3.26. The fraction of sp³-hybridized carbons (Fsp3) is 0.632. The third kappa shape index (κ3) is 9.03. The van der Waals surface area contributed by atoms with E-state index in [4.69, 9.17) is 28.4 Å². The molecule has 0 saturated carbocycles. The predicted octanol–water partition coefficient (Wildman–Crippen LogP) is -0.264. The third-order valence-electron chi connectivity index (χ3n) is 3.77. The Hall–Kier alpha value is -3.15. The maximum Gasteiger partial charge on any atom is 0.333 e. The van der Waals surface area contributed by atoms with Gasteiger partial charge in [-0.25, -0.2) is 4.79 Å². The zero-order chi connectivity index (χ0) is 23.6. The number of nitrogens with one attached hydrogen (secondary N) is 1.